The van der Waals surface area contributed by atoms with Gasteiger partial charge in [-0.2, -0.15) is 0 Å². The molecule has 3 N–H and O–H groups in total. The van der Waals surface area contributed by atoms with Crippen LogP contribution < -0.4 is 11.1 Å². The number of aryl methyl sites for hydroxylation is 1. The number of aromatic nitrogens is 2. The molecule has 0 bridgehead atoms. The quantitative estimate of drug-likeness (QED) is 0.632. The molecule has 2 aromatic heterocycles. The number of anilines is 1. The van der Waals surface area contributed by atoms with Crippen molar-refractivity contribution in [3.05, 3.63) is 10.4 Å². The molecule has 7 heteroatoms. The first-order chi connectivity index (χ1) is 10.8. The first-order valence-corrected chi connectivity index (χ1v) is 9.76. The number of nitrogens with one attached hydrogen (secondary N) is 1. The highest BCUT2D eigenvalue weighted by Crippen LogP contribution is 2.44. The van der Waals surface area contributed by atoms with Crippen LogP contribution >= 0.6 is 23.1 Å². The first kappa shape index (κ1) is 16.5. The molecule has 2 heterocycles. The van der Waals surface area contributed by atoms with Crippen molar-refractivity contribution in [1.29, 1.82) is 0 Å². The minimum atomic E-state index is -0.583. The summed E-state index contributed by atoms with van der Waals surface area (Å²) in [5.41, 5.74) is 6.91. The van der Waals surface area contributed by atoms with Crippen LogP contribution in [0.2, 0.25) is 0 Å². The molecule has 1 aliphatic rings. The molecule has 0 saturated carbocycles. The number of hydrogen-bond donors (Lipinski definition) is 2. The van der Waals surface area contributed by atoms with Gasteiger partial charge in [-0.3, -0.25) is 5.32 Å². The Morgan fingerprint density at radius 3 is 2.74 bits per heavy atom. The fourth-order valence-electron chi connectivity index (χ4n) is 3.20. The molecule has 0 aromatic carbocycles. The van der Waals surface area contributed by atoms with E-state index in [1.165, 1.54) is 22.2 Å². The van der Waals surface area contributed by atoms with Crippen LogP contribution in [0.4, 0.5) is 10.6 Å². The average Bonchev–Trinajstić information content (AvgIpc) is 2.82. The lowest BCUT2D eigenvalue weighted by atomic mass is 9.72. The third-order valence-electron chi connectivity index (χ3n) is 4.54. The van der Waals surface area contributed by atoms with Gasteiger partial charge in [-0.1, -0.05) is 32.5 Å². The highest BCUT2D eigenvalue weighted by Gasteiger charge is 2.32. The number of nitrogens with zero attached hydrogens (tertiary/aromatic N) is 2. The molecule has 2 amide bonds. The Bertz CT molecular complexity index is 764. The summed E-state index contributed by atoms with van der Waals surface area (Å²) in [4.78, 5) is 22.8. The van der Waals surface area contributed by atoms with E-state index >= 15 is 0 Å². The Labute approximate surface area is 144 Å². The normalized spacial score (nSPS) is 18.0. The Kier molecular flexibility index (Phi) is 4.27. The van der Waals surface area contributed by atoms with Crippen LogP contribution in [-0.2, 0) is 12.8 Å². The maximum absolute atomic E-state index is 11.3. The Hall–Kier alpha value is -1.34. The second kappa shape index (κ2) is 5.94. The van der Waals surface area contributed by atoms with Gasteiger partial charge in [0, 0.05) is 4.88 Å². The molecule has 23 heavy (non-hydrogen) atoms. The molecule has 0 unspecified atom stereocenters. The summed E-state index contributed by atoms with van der Waals surface area (Å²) in [7, 11) is 0. The number of carbonyl (C=O) groups is 1. The Morgan fingerprint density at radius 2 is 2.13 bits per heavy atom. The van der Waals surface area contributed by atoms with Gasteiger partial charge >= 0.3 is 6.03 Å². The minimum Gasteiger partial charge on any atom is -0.351 e. The zero-order valence-electron chi connectivity index (χ0n) is 13.9. The van der Waals surface area contributed by atoms with Crippen molar-refractivity contribution >= 4 is 45.2 Å². The van der Waals surface area contributed by atoms with Crippen molar-refractivity contribution in [2.75, 3.05) is 11.6 Å². The van der Waals surface area contributed by atoms with Gasteiger partial charge in [0.15, 0.2) is 5.16 Å². The lowest BCUT2D eigenvalue weighted by Gasteiger charge is -2.33. The van der Waals surface area contributed by atoms with Crippen molar-refractivity contribution in [2.24, 2.45) is 17.1 Å². The van der Waals surface area contributed by atoms with Gasteiger partial charge in [-0.05, 0) is 42.4 Å². The third-order valence-corrected chi connectivity index (χ3v) is 6.23. The standard InChI is InChI=1S/C16H22N4OS2/c1-16(2,3)8-5-6-9-10(7-8)23-13-11(9)12(18-14(17)21)19-15(20-13)22-4/h8H,5-7H2,1-4H3,(H3,17,18,19,20,21)/t8-/m0/s1. The molecule has 0 saturated heterocycles. The predicted octanol–water partition coefficient (Wildman–Crippen LogP) is 4.05. The maximum atomic E-state index is 11.3. The van der Waals surface area contributed by atoms with E-state index in [0.29, 0.717) is 22.3 Å². The number of urea groups is 1. The van der Waals surface area contributed by atoms with Crippen molar-refractivity contribution in [3.8, 4) is 0 Å². The molecule has 0 radical (unpaired) electrons. The van der Waals surface area contributed by atoms with Crippen molar-refractivity contribution in [3.63, 3.8) is 0 Å². The minimum absolute atomic E-state index is 0.304. The molecule has 124 valence electrons. The first-order valence-electron chi connectivity index (χ1n) is 7.72. The SMILES string of the molecule is CSc1nc(NC(N)=O)c2c3c(sc2n1)C[C@@H](C(C)(C)C)CC3. The fourth-order valence-corrected chi connectivity index (χ4v) is 4.92. The second-order valence-electron chi connectivity index (χ2n) is 7.04. The monoisotopic (exact) mass is 350 g/mol. The van der Waals surface area contributed by atoms with Crippen LogP contribution in [0.5, 0.6) is 0 Å². The highest BCUT2D eigenvalue weighted by molar-refractivity contribution is 7.98. The molecule has 0 aliphatic heterocycles. The summed E-state index contributed by atoms with van der Waals surface area (Å²) in [6.07, 6.45) is 5.16. The van der Waals surface area contributed by atoms with Gasteiger partial charge in [0.2, 0.25) is 0 Å². The number of thioether (sulfide) groups is 1. The van der Waals surface area contributed by atoms with Crippen LogP contribution in [0.25, 0.3) is 10.2 Å². The molecule has 0 fully saturated rings. The topological polar surface area (TPSA) is 80.9 Å². The number of fused-ring (bicyclic) bond motifs is 3. The van der Waals surface area contributed by atoms with E-state index < -0.39 is 6.03 Å². The van der Waals surface area contributed by atoms with Gasteiger partial charge in [0.25, 0.3) is 0 Å². The lowest BCUT2D eigenvalue weighted by Crippen LogP contribution is -2.26. The van der Waals surface area contributed by atoms with E-state index in [0.717, 1.165) is 29.5 Å². The van der Waals surface area contributed by atoms with Gasteiger partial charge in [0.1, 0.15) is 10.6 Å². The zero-order chi connectivity index (χ0) is 16.8. The van der Waals surface area contributed by atoms with Crippen LogP contribution in [-0.4, -0.2) is 22.3 Å². The maximum Gasteiger partial charge on any atom is 0.317 e. The summed E-state index contributed by atoms with van der Waals surface area (Å²) in [5.74, 6) is 1.22. The van der Waals surface area contributed by atoms with E-state index in [-0.39, 0.29) is 0 Å². The van der Waals surface area contributed by atoms with E-state index in [1.807, 2.05) is 6.26 Å². The lowest BCUT2D eigenvalue weighted by molar-refractivity contribution is 0.218. The molecule has 5 nitrogen and oxygen atoms in total. The van der Waals surface area contributed by atoms with E-state index in [4.69, 9.17) is 5.73 Å². The number of carbonyl (C=O) groups excluding carboxylic acids is 1. The molecular weight excluding hydrogens is 328 g/mol. The predicted molar refractivity (Wildman–Crippen MR) is 97.4 cm³/mol. The third kappa shape index (κ3) is 3.17. The summed E-state index contributed by atoms with van der Waals surface area (Å²) < 4.78 is 0. The molecular formula is C16H22N4OS2. The summed E-state index contributed by atoms with van der Waals surface area (Å²) in [5, 5.41) is 4.32. The Morgan fingerprint density at radius 1 is 1.39 bits per heavy atom. The number of thiophene rings is 1. The number of primary amides is 1. The molecule has 1 aliphatic carbocycles. The van der Waals surface area contributed by atoms with E-state index in [9.17, 15) is 4.79 Å². The summed E-state index contributed by atoms with van der Waals surface area (Å²) >= 11 is 3.20. The van der Waals surface area contributed by atoms with Crippen molar-refractivity contribution in [2.45, 2.75) is 45.2 Å². The average molecular weight is 351 g/mol. The van der Waals surface area contributed by atoms with Crippen molar-refractivity contribution in [1.82, 2.24) is 9.97 Å². The summed E-state index contributed by atoms with van der Waals surface area (Å²) in [6, 6.07) is -0.583. The van der Waals surface area contributed by atoms with Crippen LogP contribution in [0.15, 0.2) is 5.16 Å². The van der Waals surface area contributed by atoms with Crippen molar-refractivity contribution < 1.29 is 4.79 Å². The number of rotatable bonds is 2. The van der Waals surface area contributed by atoms with Crippen LogP contribution in [0, 0.1) is 11.3 Å². The smallest absolute Gasteiger partial charge is 0.317 e. The Balaban J connectivity index is 2.11. The van der Waals surface area contributed by atoms with Crippen LogP contribution in [0.1, 0.15) is 37.6 Å². The molecule has 2 aromatic rings. The van der Waals surface area contributed by atoms with Crippen LogP contribution in [0.3, 0.4) is 0 Å². The second-order valence-corrected chi connectivity index (χ2v) is 8.89. The molecule has 3 rings (SSSR count). The van der Waals surface area contributed by atoms with E-state index in [1.54, 1.807) is 11.3 Å². The number of amides is 2. The van der Waals surface area contributed by atoms with Gasteiger partial charge < -0.3 is 5.73 Å². The highest BCUT2D eigenvalue weighted by atomic mass is 32.2. The molecule has 0 spiro atoms. The van der Waals surface area contributed by atoms with E-state index in [2.05, 4.69) is 36.1 Å². The zero-order valence-corrected chi connectivity index (χ0v) is 15.5. The summed E-state index contributed by atoms with van der Waals surface area (Å²) in [6.45, 7) is 6.92. The number of hydrogen-bond acceptors (Lipinski definition) is 5. The van der Waals surface area contributed by atoms with Gasteiger partial charge in [-0.15, -0.1) is 11.3 Å². The number of nitrogens with two attached hydrogens (primary N) is 1. The largest absolute Gasteiger partial charge is 0.351 e. The van der Waals surface area contributed by atoms with Gasteiger partial charge in [0.05, 0.1) is 5.39 Å². The fraction of sp³-hybridized carbons (Fsp3) is 0.562. The molecule has 1 atom stereocenters. The van der Waals surface area contributed by atoms with Gasteiger partial charge in [-0.25, -0.2) is 14.8 Å².